The topological polar surface area (TPSA) is 30.0 Å². The van der Waals surface area contributed by atoms with Gasteiger partial charge in [-0.2, -0.15) is 0 Å². The minimum absolute atomic E-state index is 0.665. The van der Waals surface area contributed by atoms with Crippen molar-refractivity contribution in [1.29, 1.82) is 0 Å². The summed E-state index contributed by atoms with van der Waals surface area (Å²) >= 11 is 0. The van der Waals surface area contributed by atoms with E-state index in [0.717, 1.165) is 22.9 Å². The Hall–Kier alpha value is -1.70. The van der Waals surface area contributed by atoms with Crippen LogP contribution in [0, 0.1) is 20.8 Å². The maximum Gasteiger partial charge on any atom is 0.152 e. The lowest BCUT2D eigenvalue weighted by Crippen LogP contribution is -1.96. The molecule has 76 valence electrons. The Morgan fingerprint density at radius 3 is 2.53 bits per heavy atom. The van der Waals surface area contributed by atoms with E-state index >= 15 is 0 Å². The Bertz CT molecular complexity index is 544. The Balaban J connectivity index is 2.97. The highest BCUT2D eigenvalue weighted by atomic mass is 16.1. The molecule has 2 aromatic rings. The fraction of sp³-hybridized carbons (Fsp3) is 0.231. The van der Waals surface area contributed by atoms with Gasteiger partial charge in [0.15, 0.2) is 6.29 Å². The van der Waals surface area contributed by atoms with E-state index in [1.165, 1.54) is 11.1 Å². The highest BCUT2D eigenvalue weighted by Gasteiger charge is 2.07. The van der Waals surface area contributed by atoms with Gasteiger partial charge in [0.25, 0.3) is 0 Å². The third-order valence-electron chi connectivity index (χ3n) is 2.98. The molecule has 0 saturated heterocycles. The maximum absolute atomic E-state index is 10.9. The normalized spacial score (nSPS) is 10.6. The number of aromatic nitrogens is 1. The van der Waals surface area contributed by atoms with E-state index in [1.54, 1.807) is 6.07 Å². The number of nitrogens with zero attached hydrogens (tertiary/aromatic N) is 1. The van der Waals surface area contributed by atoms with Gasteiger partial charge in [-0.25, -0.2) is 0 Å². The van der Waals surface area contributed by atoms with Crippen LogP contribution >= 0.6 is 0 Å². The lowest BCUT2D eigenvalue weighted by molar-refractivity contribution is 0.112. The van der Waals surface area contributed by atoms with E-state index < -0.39 is 0 Å². The van der Waals surface area contributed by atoms with Gasteiger partial charge in [-0.15, -0.1) is 0 Å². The van der Waals surface area contributed by atoms with Gasteiger partial charge in [-0.3, -0.25) is 9.78 Å². The molecule has 0 aliphatic heterocycles. The Labute approximate surface area is 89.0 Å². The highest BCUT2D eigenvalue weighted by Crippen LogP contribution is 2.23. The van der Waals surface area contributed by atoms with Gasteiger partial charge < -0.3 is 0 Å². The molecule has 0 atom stereocenters. The van der Waals surface area contributed by atoms with Crippen molar-refractivity contribution < 1.29 is 4.79 Å². The molecule has 2 nitrogen and oxygen atoms in total. The summed E-state index contributed by atoms with van der Waals surface area (Å²) in [7, 11) is 0. The maximum atomic E-state index is 10.9. The molecule has 0 aliphatic rings. The molecule has 0 radical (unpaired) electrons. The largest absolute Gasteiger partial charge is 0.298 e. The first-order valence-corrected chi connectivity index (χ1v) is 4.97. The third-order valence-corrected chi connectivity index (χ3v) is 2.98. The van der Waals surface area contributed by atoms with Crippen molar-refractivity contribution in [2.75, 3.05) is 0 Å². The lowest BCUT2D eigenvalue weighted by atomic mass is 10.0. The Morgan fingerprint density at radius 1 is 1.13 bits per heavy atom. The molecule has 15 heavy (non-hydrogen) atoms. The zero-order chi connectivity index (χ0) is 11.0. The molecule has 1 aromatic heterocycles. The number of benzene rings is 1. The molecule has 0 bridgehead atoms. The van der Waals surface area contributed by atoms with Gasteiger partial charge in [-0.1, -0.05) is 12.1 Å². The predicted octanol–water partition coefficient (Wildman–Crippen LogP) is 2.97. The molecule has 1 aromatic carbocycles. The first-order chi connectivity index (χ1) is 7.15. The van der Waals surface area contributed by atoms with Crippen molar-refractivity contribution in [2.45, 2.75) is 20.8 Å². The summed E-state index contributed by atoms with van der Waals surface area (Å²) in [6.45, 7) is 6.11. The van der Waals surface area contributed by atoms with Gasteiger partial charge in [0.05, 0.1) is 5.52 Å². The summed E-state index contributed by atoms with van der Waals surface area (Å²) in [5.41, 5.74) is 4.88. The van der Waals surface area contributed by atoms with E-state index in [1.807, 2.05) is 19.1 Å². The van der Waals surface area contributed by atoms with Gasteiger partial charge >= 0.3 is 0 Å². The number of aryl methyl sites for hydroxylation is 2. The summed E-state index contributed by atoms with van der Waals surface area (Å²) in [5, 5.41) is 1.07. The number of rotatable bonds is 1. The van der Waals surface area contributed by atoms with E-state index in [-0.39, 0.29) is 0 Å². The van der Waals surface area contributed by atoms with Crippen molar-refractivity contribution in [3.63, 3.8) is 0 Å². The van der Waals surface area contributed by atoms with Crippen LogP contribution in [0.3, 0.4) is 0 Å². The van der Waals surface area contributed by atoms with Crippen LogP contribution in [0.2, 0.25) is 0 Å². The van der Waals surface area contributed by atoms with Gasteiger partial charge in [0.1, 0.15) is 0 Å². The zero-order valence-corrected chi connectivity index (χ0v) is 9.16. The van der Waals surface area contributed by atoms with Crippen LogP contribution in [0.5, 0.6) is 0 Å². The number of fused-ring (bicyclic) bond motifs is 1. The van der Waals surface area contributed by atoms with Gasteiger partial charge in [0.2, 0.25) is 0 Å². The molecule has 2 heteroatoms. The van der Waals surface area contributed by atoms with Crippen molar-refractivity contribution in [3.8, 4) is 0 Å². The molecule has 0 saturated carbocycles. The second-order valence-corrected chi connectivity index (χ2v) is 3.81. The lowest BCUT2D eigenvalue weighted by Gasteiger charge is -2.09. The number of pyridine rings is 1. The first kappa shape index (κ1) is 9.84. The van der Waals surface area contributed by atoms with Crippen LogP contribution < -0.4 is 0 Å². The van der Waals surface area contributed by atoms with Crippen LogP contribution in [0.25, 0.3) is 10.9 Å². The van der Waals surface area contributed by atoms with E-state index in [9.17, 15) is 4.79 Å². The number of carbonyl (C=O) groups excluding carboxylic acids is 1. The SMILES string of the molecule is Cc1nc2c(C=O)cccc2c(C)c1C. The second kappa shape index (κ2) is 3.46. The molecule has 0 N–H and O–H groups in total. The fourth-order valence-electron chi connectivity index (χ4n) is 1.81. The number of aldehydes is 1. The van der Waals surface area contributed by atoms with E-state index in [0.29, 0.717) is 5.56 Å². The molecule has 0 spiro atoms. The third kappa shape index (κ3) is 1.42. The summed E-state index contributed by atoms with van der Waals surface area (Å²) in [4.78, 5) is 15.4. The molecule has 2 rings (SSSR count). The number of hydrogen-bond acceptors (Lipinski definition) is 2. The Morgan fingerprint density at radius 2 is 1.87 bits per heavy atom. The number of para-hydroxylation sites is 1. The molecule has 0 aliphatic carbocycles. The quantitative estimate of drug-likeness (QED) is 0.661. The average molecular weight is 199 g/mol. The van der Waals surface area contributed by atoms with Crippen LogP contribution in [-0.2, 0) is 0 Å². The molecular formula is C13H13NO. The standard InChI is InChI=1S/C13H13NO/c1-8-9(2)12-6-4-5-11(7-15)13(12)14-10(8)3/h4-7H,1-3H3. The first-order valence-electron chi connectivity index (χ1n) is 4.97. The zero-order valence-electron chi connectivity index (χ0n) is 9.16. The molecular weight excluding hydrogens is 186 g/mol. The van der Waals surface area contributed by atoms with Crippen molar-refractivity contribution in [3.05, 3.63) is 40.6 Å². The van der Waals surface area contributed by atoms with Crippen molar-refractivity contribution in [2.24, 2.45) is 0 Å². The summed E-state index contributed by atoms with van der Waals surface area (Å²) in [5.74, 6) is 0. The smallest absolute Gasteiger partial charge is 0.152 e. The van der Waals surface area contributed by atoms with Gasteiger partial charge in [0, 0.05) is 16.6 Å². The minimum Gasteiger partial charge on any atom is -0.298 e. The summed E-state index contributed by atoms with van der Waals surface area (Å²) in [6, 6.07) is 5.71. The second-order valence-electron chi connectivity index (χ2n) is 3.81. The minimum atomic E-state index is 0.665. The number of hydrogen-bond donors (Lipinski definition) is 0. The summed E-state index contributed by atoms with van der Waals surface area (Å²) < 4.78 is 0. The molecule has 0 fully saturated rings. The number of carbonyl (C=O) groups is 1. The highest BCUT2D eigenvalue weighted by molar-refractivity contribution is 5.97. The van der Waals surface area contributed by atoms with E-state index in [4.69, 9.17) is 0 Å². The summed E-state index contributed by atoms with van der Waals surface area (Å²) in [6.07, 6.45) is 0.865. The molecule has 1 heterocycles. The average Bonchev–Trinajstić information content (AvgIpc) is 2.25. The van der Waals surface area contributed by atoms with Crippen molar-refractivity contribution >= 4 is 17.2 Å². The fourth-order valence-corrected chi connectivity index (χ4v) is 1.81. The van der Waals surface area contributed by atoms with Crippen LogP contribution in [-0.4, -0.2) is 11.3 Å². The monoisotopic (exact) mass is 199 g/mol. The van der Waals surface area contributed by atoms with E-state index in [2.05, 4.69) is 18.8 Å². The molecule has 0 amide bonds. The molecule has 0 unspecified atom stereocenters. The van der Waals surface area contributed by atoms with Crippen LogP contribution in [0.4, 0.5) is 0 Å². The Kier molecular flexibility index (Phi) is 2.27. The van der Waals surface area contributed by atoms with Crippen LogP contribution in [0.15, 0.2) is 18.2 Å². The van der Waals surface area contributed by atoms with Crippen molar-refractivity contribution in [1.82, 2.24) is 4.98 Å². The predicted molar refractivity (Wildman–Crippen MR) is 61.3 cm³/mol. The van der Waals surface area contributed by atoms with Gasteiger partial charge in [-0.05, 0) is 38.0 Å². The van der Waals surface area contributed by atoms with Crippen LogP contribution in [0.1, 0.15) is 27.2 Å².